The predicted octanol–water partition coefficient (Wildman–Crippen LogP) is 3.95. The molecule has 5 rings (SSSR count). The molecule has 0 saturated carbocycles. The number of nitrogens with one attached hydrogen (secondary N) is 2. The van der Waals surface area contributed by atoms with Crippen molar-refractivity contribution in [3.05, 3.63) is 77.6 Å². The molecule has 4 aromatic rings. The van der Waals surface area contributed by atoms with Crippen LogP contribution in [0.15, 0.2) is 60.8 Å². The lowest BCUT2D eigenvalue weighted by Gasteiger charge is -2.25. The van der Waals surface area contributed by atoms with E-state index in [1.807, 2.05) is 12.3 Å². The molecule has 3 heterocycles. The monoisotopic (exact) mass is 299 g/mol. The Morgan fingerprint density at radius 2 is 1.87 bits per heavy atom. The van der Waals surface area contributed by atoms with E-state index in [0.29, 0.717) is 0 Å². The lowest BCUT2D eigenvalue weighted by atomic mass is 9.93. The molecule has 2 aromatic heterocycles. The molecule has 1 aliphatic rings. The number of benzene rings is 2. The Morgan fingerprint density at radius 1 is 0.957 bits per heavy atom. The number of H-pyrrole nitrogens is 1. The van der Waals surface area contributed by atoms with Crippen LogP contribution in [-0.4, -0.2) is 16.5 Å². The van der Waals surface area contributed by atoms with Gasteiger partial charge in [0.1, 0.15) is 0 Å². The number of aromatic amines is 1. The van der Waals surface area contributed by atoms with Crippen LogP contribution in [-0.2, 0) is 6.42 Å². The summed E-state index contributed by atoms with van der Waals surface area (Å²) in [5, 5.41) is 6.21. The summed E-state index contributed by atoms with van der Waals surface area (Å²) in [4.78, 5) is 8.27. The number of pyridine rings is 1. The molecule has 0 spiro atoms. The number of hydrogen-bond acceptors (Lipinski definition) is 2. The van der Waals surface area contributed by atoms with Gasteiger partial charge in [-0.25, -0.2) is 0 Å². The molecule has 0 saturated heterocycles. The third-order valence-electron chi connectivity index (χ3n) is 4.83. The first-order chi connectivity index (χ1) is 11.4. The summed E-state index contributed by atoms with van der Waals surface area (Å²) in [7, 11) is 0. The van der Waals surface area contributed by atoms with Crippen LogP contribution in [0.2, 0.25) is 0 Å². The molecule has 0 amide bonds. The van der Waals surface area contributed by atoms with Gasteiger partial charge >= 0.3 is 0 Å². The second kappa shape index (κ2) is 4.93. The smallest absolute Gasteiger partial charge is 0.0753 e. The first-order valence-corrected chi connectivity index (χ1v) is 8.08. The lowest BCUT2D eigenvalue weighted by molar-refractivity contribution is 0.562. The molecule has 2 N–H and O–H groups in total. The van der Waals surface area contributed by atoms with Gasteiger partial charge in [-0.2, -0.15) is 0 Å². The van der Waals surface area contributed by atoms with E-state index in [1.165, 1.54) is 33.1 Å². The number of hydrogen-bond donors (Lipinski definition) is 2. The molecule has 112 valence electrons. The summed E-state index contributed by atoms with van der Waals surface area (Å²) >= 11 is 0. The predicted molar refractivity (Wildman–Crippen MR) is 93.6 cm³/mol. The van der Waals surface area contributed by atoms with E-state index in [4.69, 9.17) is 0 Å². The average Bonchev–Trinajstić information content (AvgIpc) is 3.00. The normalized spacial score (nSPS) is 17.5. The van der Waals surface area contributed by atoms with E-state index >= 15 is 0 Å². The molecule has 2 aromatic carbocycles. The maximum atomic E-state index is 4.63. The second-order valence-electron chi connectivity index (χ2n) is 6.12. The van der Waals surface area contributed by atoms with Crippen molar-refractivity contribution in [2.24, 2.45) is 0 Å². The summed E-state index contributed by atoms with van der Waals surface area (Å²) in [5.74, 6) is 0. The van der Waals surface area contributed by atoms with Crippen LogP contribution in [0.3, 0.4) is 0 Å². The van der Waals surface area contributed by atoms with Gasteiger partial charge in [-0.3, -0.25) is 4.98 Å². The molecule has 3 nitrogen and oxygen atoms in total. The van der Waals surface area contributed by atoms with Crippen LogP contribution >= 0.6 is 0 Å². The summed E-state index contributed by atoms with van der Waals surface area (Å²) < 4.78 is 0. The Balaban J connectivity index is 1.76. The van der Waals surface area contributed by atoms with Crippen molar-refractivity contribution in [1.29, 1.82) is 0 Å². The van der Waals surface area contributed by atoms with Crippen molar-refractivity contribution in [2.45, 2.75) is 12.5 Å². The van der Waals surface area contributed by atoms with Gasteiger partial charge in [0.05, 0.1) is 11.6 Å². The van der Waals surface area contributed by atoms with E-state index < -0.39 is 0 Å². The van der Waals surface area contributed by atoms with E-state index in [1.54, 1.807) is 0 Å². The van der Waals surface area contributed by atoms with Gasteiger partial charge in [-0.15, -0.1) is 0 Å². The highest BCUT2D eigenvalue weighted by molar-refractivity contribution is 5.87. The van der Waals surface area contributed by atoms with Crippen molar-refractivity contribution in [3.8, 4) is 0 Å². The standard InChI is InChI=1S/C20H17N3/c1-2-9-17-14(7-1)15-10-12-22-19(20(15)23-17)16-8-3-5-13-6-4-11-21-18(13)16/h1-9,11,19,22-23H,10,12H2/t19-/m0/s1. The third kappa shape index (κ3) is 1.90. The van der Waals surface area contributed by atoms with Gasteiger partial charge in [0, 0.05) is 40.3 Å². The SMILES string of the molecule is c1cnc2c([C@@H]3NCCc4c3[nH]c3ccccc43)cccc2c1. The number of nitrogens with zero attached hydrogens (tertiary/aromatic N) is 1. The van der Waals surface area contributed by atoms with E-state index in [0.717, 1.165) is 18.5 Å². The van der Waals surface area contributed by atoms with E-state index in [-0.39, 0.29) is 6.04 Å². The highest BCUT2D eigenvalue weighted by Gasteiger charge is 2.26. The van der Waals surface area contributed by atoms with Crippen LogP contribution < -0.4 is 5.32 Å². The maximum absolute atomic E-state index is 4.63. The van der Waals surface area contributed by atoms with Crippen LogP contribution in [0.5, 0.6) is 0 Å². The highest BCUT2D eigenvalue weighted by atomic mass is 15.0. The van der Waals surface area contributed by atoms with Crippen LogP contribution in [0.1, 0.15) is 22.9 Å². The molecule has 23 heavy (non-hydrogen) atoms. The Labute approximate surface area is 134 Å². The Kier molecular flexibility index (Phi) is 2.76. The zero-order valence-electron chi connectivity index (χ0n) is 12.7. The Bertz CT molecular complexity index is 1010. The summed E-state index contributed by atoms with van der Waals surface area (Å²) in [6.45, 7) is 0.989. The minimum absolute atomic E-state index is 0.171. The van der Waals surface area contributed by atoms with Gasteiger partial charge < -0.3 is 10.3 Å². The fraction of sp³-hybridized carbons (Fsp3) is 0.150. The van der Waals surface area contributed by atoms with E-state index in [2.05, 4.69) is 63.8 Å². The van der Waals surface area contributed by atoms with Gasteiger partial charge in [0.15, 0.2) is 0 Å². The molecule has 0 fully saturated rings. The van der Waals surface area contributed by atoms with Crippen LogP contribution in [0.25, 0.3) is 21.8 Å². The topological polar surface area (TPSA) is 40.7 Å². The molecular weight excluding hydrogens is 282 g/mol. The van der Waals surface area contributed by atoms with Gasteiger partial charge in [0.25, 0.3) is 0 Å². The minimum Gasteiger partial charge on any atom is -0.357 e. The van der Waals surface area contributed by atoms with Crippen molar-refractivity contribution < 1.29 is 0 Å². The first-order valence-electron chi connectivity index (χ1n) is 8.08. The van der Waals surface area contributed by atoms with Crippen molar-refractivity contribution in [1.82, 2.24) is 15.3 Å². The van der Waals surface area contributed by atoms with Gasteiger partial charge in [-0.1, -0.05) is 42.5 Å². The molecule has 0 bridgehead atoms. The zero-order chi connectivity index (χ0) is 15.2. The summed E-state index contributed by atoms with van der Waals surface area (Å²) in [6, 6.07) is 19.3. The average molecular weight is 299 g/mol. The Morgan fingerprint density at radius 3 is 2.87 bits per heavy atom. The van der Waals surface area contributed by atoms with Crippen molar-refractivity contribution >= 4 is 21.8 Å². The number of para-hydroxylation sites is 2. The molecule has 0 aliphatic carbocycles. The third-order valence-corrected chi connectivity index (χ3v) is 4.83. The molecule has 1 aliphatic heterocycles. The van der Waals surface area contributed by atoms with Crippen LogP contribution in [0, 0.1) is 0 Å². The number of rotatable bonds is 1. The van der Waals surface area contributed by atoms with Gasteiger partial charge in [0.2, 0.25) is 0 Å². The van der Waals surface area contributed by atoms with Crippen LogP contribution in [0.4, 0.5) is 0 Å². The Hall–Kier alpha value is -2.65. The highest BCUT2D eigenvalue weighted by Crippen LogP contribution is 2.35. The quantitative estimate of drug-likeness (QED) is 0.559. The van der Waals surface area contributed by atoms with Crippen molar-refractivity contribution in [2.75, 3.05) is 6.54 Å². The summed E-state index contributed by atoms with van der Waals surface area (Å²) in [5.41, 5.74) is 6.28. The largest absolute Gasteiger partial charge is 0.357 e. The fourth-order valence-corrected chi connectivity index (χ4v) is 3.81. The molecular formula is C20H17N3. The lowest BCUT2D eigenvalue weighted by Crippen LogP contribution is -2.30. The van der Waals surface area contributed by atoms with E-state index in [9.17, 15) is 0 Å². The van der Waals surface area contributed by atoms with Crippen molar-refractivity contribution in [3.63, 3.8) is 0 Å². The molecule has 0 radical (unpaired) electrons. The minimum atomic E-state index is 0.171. The molecule has 0 unspecified atom stereocenters. The molecule has 3 heteroatoms. The molecule has 1 atom stereocenters. The number of aromatic nitrogens is 2. The second-order valence-corrected chi connectivity index (χ2v) is 6.12. The first kappa shape index (κ1) is 12.9. The fourth-order valence-electron chi connectivity index (χ4n) is 3.81. The summed E-state index contributed by atoms with van der Waals surface area (Å²) in [6.07, 6.45) is 2.94. The zero-order valence-corrected chi connectivity index (χ0v) is 12.7. The maximum Gasteiger partial charge on any atom is 0.0753 e. The van der Waals surface area contributed by atoms with Gasteiger partial charge in [-0.05, 0) is 24.1 Å². The number of fused-ring (bicyclic) bond motifs is 4.